The quantitative estimate of drug-likeness (QED) is 0.159. The Morgan fingerprint density at radius 3 is 2.02 bits per heavy atom. The highest BCUT2D eigenvalue weighted by Crippen LogP contribution is 2.45. The molecule has 0 saturated heterocycles. The molecule has 9 rings (SSSR count). The Morgan fingerprint density at radius 2 is 1.14 bits per heavy atom. The lowest BCUT2D eigenvalue weighted by Crippen LogP contribution is -2.25. The second kappa shape index (κ2) is 9.09. The number of fused-ring (bicyclic) bond motifs is 10. The predicted octanol–water partition coefficient (Wildman–Crippen LogP) is 8.13. The second-order valence-electron chi connectivity index (χ2n) is 11.0. The van der Waals surface area contributed by atoms with Gasteiger partial charge in [0, 0.05) is 38.3 Å². The van der Waals surface area contributed by atoms with Crippen molar-refractivity contribution in [2.24, 2.45) is 0 Å². The minimum Gasteiger partial charge on any atom is -0.309 e. The van der Waals surface area contributed by atoms with Gasteiger partial charge in [-0.1, -0.05) is 91.0 Å². The van der Waals surface area contributed by atoms with Crippen molar-refractivity contribution in [1.29, 1.82) is 0 Å². The first-order valence-corrected chi connectivity index (χ1v) is 16.1. The number of rotatable bonds is 3. The van der Waals surface area contributed by atoms with Crippen LogP contribution in [0.4, 0.5) is 0 Å². The van der Waals surface area contributed by atoms with Crippen molar-refractivity contribution in [1.82, 2.24) is 14.4 Å². The topological polar surface area (TPSA) is 47.3 Å². The molecule has 0 aliphatic carbocycles. The van der Waals surface area contributed by atoms with Crippen molar-refractivity contribution < 1.29 is 4.57 Å². The Labute approximate surface area is 247 Å². The van der Waals surface area contributed by atoms with Crippen molar-refractivity contribution in [3.05, 3.63) is 146 Å². The second-order valence-corrected chi connectivity index (χ2v) is 13.8. The van der Waals surface area contributed by atoms with Gasteiger partial charge in [-0.2, -0.15) is 0 Å². The average Bonchev–Trinajstić information content (AvgIpc) is 3.47. The standard InChI is InChI=1S/C38H24N3OP/c42-43(28-18-17-25-9-1-2-10-26(25)21-28,30-22-27-11-3-5-13-34(27)39-24-30)29-19-20-32-33(23-29)31-12-4-7-15-36(31)41-37-16-8-6-14-35(37)40-38(32)41/h1-24H. The zero-order valence-electron chi connectivity index (χ0n) is 23.1. The van der Waals surface area contributed by atoms with E-state index < -0.39 is 7.14 Å². The van der Waals surface area contributed by atoms with E-state index in [1.54, 1.807) is 6.20 Å². The molecule has 0 bridgehead atoms. The van der Waals surface area contributed by atoms with Gasteiger partial charge >= 0.3 is 0 Å². The molecule has 9 aromatic rings. The van der Waals surface area contributed by atoms with E-state index in [-0.39, 0.29) is 0 Å². The molecule has 202 valence electrons. The smallest absolute Gasteiger partial charge is 0.172 e. The molecule has 6 aromatic carbocycles. The van der Waals surface area contributed by atoms with E-state index in [1.807, 2.05) is 60.7 Å². The third-order valence-corrected chi connectivity index (χ3v) is 11.6. The van der Waals surface area contributed by atoms with Gasteiger partial charge in [0.15, 0.2) is 7.14 Å². The summed E-state index contributed by atoms with van der Waals surface area (Å²) >= 11 is 0. The first-order chi connectivity index (χ1) is 21.2. The van der Waals surface area contributed by atoms with Crippen LogP contribution in [0.5, 0.6) is 0 Å². The largest absolute Gasteiger partial charge is 0.309 e. The van der Waals surface area contributed by atoms with Crippen LogP contribution >= 0.6 is 7.14 Å². The Bertz CT molecular complexity index is 2540. The molecule has 0 radical (unpaired) electrons. The van der Waals surface area contributed by atoms with E-state index in [9.17, 15) is 0 Å². The molecule has 0 aliphatic rings. The molecule has 43 heavy (non-hydrogen) atoms. The fraction of sp³-hybridized carbons (Fsp3) is 0. The minimum absolute atomic E-state index is 0.720. The van der Waals surface area contributed by atoms with Gasteiger partial charge in [0.2, 0.25) is 0 Å². The number of nitrogens with zero attached hydrogens (tertiary/aromatic N) is 3. The first-order valence-electron chi connectivity index (χ1n) is 14.4. The fourth-order valence-corrected chi connectivity index (χ4v) is 9.18. The van der Waals surface area contributed by atoms with E-state index in [0.29, 0.717) is 0 Å². The molecule has 0 spiro atoms. The van der Waals surface area contributed by atoms with Crippen LogP contribution in [-0.2, 0) is 4.57 Å². The summed E-state index contributed by atoms with van der Waals surface area (Å²) in [6, 6.07) is 47.3. The Morgan fingerprint density at radius 1 is 0.488 bits per heavy atom. The summed E-state index contributed by atoms with van der Waals surface area (Å²) in [5, 5.41) is 8.59. The van der Waals surface area contributed by atoms with E-state index >= 15 is 4.57 Å². The lowest BCUT2D eigenvalue weighted by molar-refractivity contribution is 0.592. The molecular formula is C38H24N3OP. The third-order valence-electron chi connectivity index (χ3n) is 8.64. The number of hydrogen-bond donors (Lipinski definition) is 0. The van der Waals surface area contributed by atoms with Crippen LogP contribution in [0, 0.1) is 0 Å². The summed E-state index contributed by atoms with van der Waals surface area (Å²) in [6.07, 6.45) is 1.80. The highest BCUT2D eigenvalue weighted by atomic mass is 31.2. The van der Waals surface area contributed by atoms with Crippen LogP contribution in [0.3, 0.4) is 0 Å². The van der Waals surface area contributed by atoms with E-state index in [4.69, 9.17) is 9.97 Å². The van der Waals surface area contributed by atoms with E-state index in [1.165, 1.54) is 0 Å². The number of imidazole rings is 1. The van der Waals surface area contributed by atoms with E-state index in [2.05, 4.69) is 83.3 Å². The zero-order chi connectivity index (χ0) is 28.5. The Hall–Kier alpha value is -5.31. The minimum atomic E-state index is -3.35. The zero-order valence-corrected chi connectivity index (χ0v) is 23.9. The molecule has 0 aliphatic heterocycles. The van der Waals surface area contributed by atoms with Crippen LogP contribution < -0.4 is 15.9 Å². The Balaban J connectivity index is 1.39. The molecule has 0 saturated carbocycles. The van der Waals surface area contributed by atoms with Crippen molar-refractivity contribution in [3.8, 4) is 0 Å². The predicted molar refractivity (Wildman–Crippen MR) is 180 cm³/mol. The van der Waals surface area contributed by atoms with Crippen molar-refractivity contribution in [3.63, 3.8) is 0 Å². The summed E-state index contributed by atoms with van der Waals surface area (Å²) in [5.41, 5.74) is 4.88. The van der Waals surface area contributed by atoms with Gasteiger partial charge in [0.1, 0.15) is 5.65 Å². The van der Waals surface area contributed by atoms with Crippen LogP contribution in [0.1, 0.15) is 0 Å². The molecule has 1 atom stereocenters. The van der Waals surface area contributed by atoms with Crippen molar-refractivity contribution in [2.75, 3.05) is 0 Å². The third kappa shape index (κ3) is 3.54. The first kappa shape index (κ1) is 24.3. The van der Waals surface area contributed by atoms with Crippen LogP contribution in [0.25, 0.3) is 60.0 Å². The summed E-state index contributed by atoms with van der Waals surface area (Å²) in [5.74, 6) is 0. The highest BCUT2D eigenvalue weighted by Gasteiger charge is 2.31. The van der Waals surface area contributed by atoms with Gasteiger partial charge in [0.05, 0.1) is 22.1 Å². The van der Waals surface area contributed by atoms with Crippen LogP contribution in [-0.4, -0.2) is 14.4 Å². The number of para-hydroxylation sites is 4. The number of pyridine rings is 2. The summed E-state index contributed by atoms with van der Waals surface area (Å²) in [6.45, 7) is 0. The summed E-state index contributed by atoms with van der Waals surface area (Å²) in [4.78, 5) is 9.81. The molecule has 5 heteroatoms. The maximum Gasteiger partial charge on any atom is 0.172 e. The molecule has 4 nitrogen and oxygen atoms in total. The van der Waals surface area contributed by atoms with Gasteiger partial charge in [-0.25, -0.2) is 4.98 Å². The van der Waals surface area contributed by atoms with Crippen LogP contribution in [0.2, 0.25) is 0 Å². The van der Waals surface area contributed by atoms with Crippen molar-refractivity contribution in [2.45, 2.75) is 0 Å². The van der Waals surface area contributed by atoms with Gasteiger partial charge in [0.25, 0.3) is 0 Å². The van der Waals surface area contributed by atoms with Crippen LogP contribution in [0.15, 0.2) is 146 Å². The molecular weight excluding hydrogens is 545 g/mol. The maximum absolute atomic E-state index is 15.8. The molecule has 0 fully saturated rings. The molecule has 3 aromatic heterocycles. The average molecular weight is 570 g/mol. The van der Waals surface area contributed by atoms with Crippen molar-refractivity contribution >= 4 is 83.1 Å². The molecule has 1 unspecified atom stereocenters. The SMILES string of the molecule is O=P(c1ccc2ccccc2c1)(c1cnc2ccccc2c1)c1ccc2c(c1)c1ccccc1n1c3ccccc3nc21. The maximum atomic E-state index is 15.8. The number of aromatic nitrogens is 3. The van der Waals surface area contributed by atoms with E-state index in [0.717, 1.165) is 75.9 Å². The lowest BCUT2D eigenvalue weighted by atomic mass is 10.1. The monoisotopic (exact) mass is 569 g/mol. The van der Waals surface area contributed by atoms with Gasteiger partial charge in [-0.15, -0.1) is 0 Å². The number of hydrogen-bond acceptors (Lipinski definition) is 3. The molecule has 0 amide bonds. The molecule has 3 heterocycles. The summed E-state index contributed by atoms with van der Waals surface area (Å²) < 4.78 is 18.1. The lowest BCUT2D eigenvalue weighted by Gasteiger charge is -2.21. The van der Waals surface area contributed by atoms with Gasteiger partial charge in [-0.3, -0.25) is 9.38 Å². The number of benzene rings is 6. The summed E-state index contributed by atoms with van der Waals surface area (Å²) in [7, 11) is -3.35. The fourth-order valence-electron chi connectivity index (χ4n) is 6.54. The Kier molecular flexibility index (Phi) is 5.14. The highest BCUT2D eigenvalue weighted by molar-refractivity contribution is 7.85. The van der Waals surface area contributed by atoms with Gasteiger partial charge in [-0.05, 0) is 64.7 Å². The normalized spacial score (nSPS) is 13.4. The molecule has 0 N–H and O–H groups in total. The van der Waals surface area contributed by atoms with Gasteiger partial charge < -0.3 is 4.57 Å².